The summed E-state index contributed by atoms with van der Waals surface area (Å²) >= 11 is 0. The Morgan fingerprint density at radius 3 is 2.54 bits per heavy atom. The lowest BCUT2D eigenvalue weighted by Gasteiger charge is -2.36. The summed E-state index contributed by atoms with van der Waals surface area (Å²) in [6, 6.07) is 17.8. The van der Waals surface area contributed by atoms with Gasteiger partial charge in [0.25, 0.3) is 0 Å². The van der Waals surface area contributed by atoms with E-state index in [9.17, 15) is 12.3 Å². The van der Waals surface area contributed by atoms with Gasteiger partial charge in [0.1, 0.15) is 4.75 Å². The van der Waals surface area contributed by atoms with Gasteiger partial charge in [-0.15, -0.1) is 3.89 Å². The Bertz CT molecular complexity index is 853. The van der Waals surface area contributed by atoms with Crippen LogP contribution in [0.15, 0.2) is 54.6 Å². The molecule has 0 amide bonds. The molecule has 0 radical (unpaired) electrons. The summed E-state index contributed by atoms with van der Waals surface area (Å²) in [5, 5.41) is 0. The van der Waals surface area contributed by atoms with Gasteiger partial charge in [0.05, 0.1) is 0 Å². The molecular weight excluding hydrogens is 325 g/mol. The van der Waals surface area contributed by atoms with Gasteiger partial charge < -0.3 is 0 Å². The van der Waals surface area contributed by atoms with E-state index in [1.54, 1.807) is 0 Å². The van der Waals surface area contributed by atoms with Gasteiger partial charge in [-0.3, -0.25) is 4.90 Å². The van der Waals surface area contributed by atoms with Gasteiger partial charge in [-0.1, -0.05) is 54.6 Å². The number of halogens is 1. The summed E-state index contributed by atoms with van der Waals surface area (Å²) in [6.07, 6.45) is 0.980. The van der Waals surface area contributed by atoms with E-state index in [0.29, 0.717) is 25.9 Å². The van der Waals surface area contributed by atoms with Crippen molar-refractivity contribution in [2.24, 2.45) is 0 Å². The Labute approximate surface area is 142 Å². The van der Waals surface area contributed by atoms with E-state index < -0.39 is 15.0 Å². The maximum absolute atomic E-state index is 14.4. The second-order valence-electron chi connectivity index (χ2n) is 6.91. The molecule has 1 heterocycles. The molecule has 1 aliphatic heterocycles. The molecule has 0 spiro atoms. The number of hydrogen-bond acceptors (Lipinski definition) is 3. The monoisotopic (exact) mass is 345 g/mol. The molecule has 0 aromatic heterocycles. The number of likely N-dealkylation sites (tertiary alicyclic amines) is 1. The van der Waals surface area contributed by atoms with Crippen LogP contribution < -0.4 is 0 Å². The Kier molecular flexibility index (Phi) is 3.73. The summed E-state index contributed by atoms with van der Waals surface area (Å²) in [7, 11) is -4.63. The van der Waals surface area contributed by atoms with Crippen molar-refractivity contribution in [1.29, 1.82) is 0 Å². The molecule has 1 fully saturated rings. The topological polar surface area (TPSA) is 37.4 Å². The standard InChI is InChI=1S/C19H20FNO2S/c20-24(22,23)19-11-10-16-8-4-5-9-17(16)18(19)13-21(14-19)12-15-6-2-1-3-7-15/h1-9,18H,10-14H2/t18-,19-/m0/s1. The number of aryl methyl sites for hydroxylation is 1. The fourth-order valence-electron chi connectivity index (χ4n) is 4.39. The van der Waals surface area contributed by atoms with E-state index >= 15 is 0 Å². The smallest absolute Gasteiger partial charge is 0.297 e. The molecule has 126 valence electrons. The molecule has 0 bridgehead atoms. The summed E-state index contributed by atoms with van der Waals surface area (Å²) in [5.74, 6) is -0.291. The van der Waals surface area contributed by atoms with Crippen molar-refractivity contribution in [3.63, 3.8) is 0 Å². The molecule has 2 aliphatic rings. The van der Waals surface area contributed by atoms with Crippen LogP contribution in [-0.4, -0.2) is 31.2 Å². The van der Waals surface area contributed by atoms with Gasteiger partial charge in [0, 0.05) is 25.6 Å². The fourth-order valence-corrected chi connectivity index (χ4v) is 5.62. The Morgan fingerprint density at radius 2 is 1.79 bits per heavy atom. The van der Waals surface area contributed by atoms with Gasteiger partial charge in [-0.2, -0.15) is 8.42 Å². The van der Waals surface area contributed by atoms with Crippen molar-refractivity contribution in [3.05, 3.63) is 71.3 Å². The van der Waals surface area contributed by atoms with Crippen molar-refractivity contribution in [2.75, 3.05) is 13.1 Å². The third kappa shape index (κ3) is 2.47. The summed E-state index contributed by atoms with van der Waals surface area (Å²) in [5.41, 5.74) is 3.28. The highest BCUT2D eigenvalue weighted by Crippen LogP contribution is 2.49. The summed E-state index contributed by atoms with van der Waals surface area (Å²) in [4.78, 5) is 2.08. The molecule has 2 atom stereocenters. The minimum absolute atomic E-state index is 0.264. The summed E-state index contributed by atoms with van der Waals surface area (Å²) in [6.45, 7) is 1.49. The lowest BCUT2D eigenvalue weighted by molar-refractivity contribution is 0.315. The molecular formula is C19H20FNO2S. The van der Waals surface area contributed by atoms with Crippen LogP contribution in [0.2, 0.25) is 0 Å². The van der Waals surface area contributed by atoms with Crippen molar-refractivity contribution < 1.29 is 12.3 Å². The van der Waals surface area contributed by atoms with Crippen LogP contribution in [-0.2, 0) is 23.2 Å². The van der Waals surface area contributed by atoms with E-state index in [2.05, 4.69) is 4.90 Å². The highest BCUT2D eigenvalue weighted by atomic mass is 32.3. The molecule has 0 saturated carbocycles. The van der Waals surface area contributed by atoms with Crippen LogP contribution in [0.5, 0.6) is 0 Å². The van der Waals surface area contributed by atoms with E-state index in [1.165, 1.54) is 0 Å². The predicted octanol–water partition coefficient (Wildman–Crippen LogP) is 3.27. The maximum atomic E-state index is 14.4. The molecule has 3 nitrogen and oxygen atoms in total. The van der Waals surface area contributed by atoms with Crippen LogP contribution in [0.25, 0.3) is 0 Å². The average molecular weight is 345 g/mol. The van der Waals surface area contributed by atoms with Crippen LogP contribution >= 0.6 is 0 Å². The highest BCUT2D eigenvalue weighted by molar-refractivity contribution is 7.87. The second-order valence-corrected chi connectivity index (χ2v) is 8.60. The van der Waals surface area contributed by atoms with Crippen LogP contribution in [0.3, 0.4) is 0 Å². The Balaban J connectivity index is 1.72. The molecule has 1 saturated heterocycles. The van der Waals surface area contributed by atoms with Gasteiger partial charge in [0.15, 0.2) is 0 Å². The zero-order valence-electron chi connectivity index (χ0n) is 13.4. The number of hydrogen-bond donors (Lipinski definition) is 0. The molecule has 4 rings (SSSR count). The quantitative estimate of drug-likeness (QED) is 0.801. The minimum Gasteiger partial charge on any atom is -0.297 e. The van der Waals surface area contributed by atoms with Gasteiger partial charge in [-0.05, 0) is 29.5 Å². The summed E-state index contributed by atoms with van der Waals surface area (Å²) < 4.78 is 37.3. The van der Waals surface area contributed by atoms with Crippen LogP contribution in [0, 0.1) is 0 Å². The van der Waals surface area contributed by atoms with E-state index in [-0.39, 0.29) is 12.5 Å². The van der Waals surface area contributed by atoms with Crippen molar-refractivity contribution in [2.45, 2.75) is 30.1 Å². The number of nitrogens with zero attached hydrogens (tertiary/aromatic N) is 1. The third-order valence-electron chi connectivity index (χ3n) is 5.55. The first-order valence-corrected chi connectivity index (χ1v) is 9.66. The molecule has 2 aromatic rings. The minimum atomic E-state index is -4.63. The maximum Gasteiger partial charge on any atom is 0.310 e. The molecule has 5 heteroatoms. The average Bonchev–Trinajstić information content (AvgIpc) is 2.95. The third-order valence-corrected chi connectivity index (χ3v) is 7.14. The molecule has 2 aromatic carbocycles. The Morgan fingerprint density at radius 1 is 1.08 bits per heavy atom. The van der Waals surface area contributed by atoms with Gasteiger partial charge in [0.2, 0.25) is 0 Å². The van der Waals surface area contributed by atoms with Crippen LogP contribution in [0.4, 0.5) is 3.89 Å². The SMILES string of the molecule is O=S(=O)(F)[C@]12CCc3ccccc3[C@@H]1CN(Cc1ccccc1)C2. The fraction of sp³-hybridized carbons (Fsp3) is 0.368. The van der Waals surface area contributed by atoms with Crippen molar-refractivity contribution in [3.8, 4) is 0 Å². The number of fused-ring (bicyclic) bond motifs is 3. The highest BCUT2D eigenvalue weighted by Gasteiger charge is 2.58. The largest absolute Gasteiger partial charge is 0.310 e. The zero-order valence-corrected chi connectivity index (χ0v) is 14.2. The number of benzene rings is 2. The van der Waals surface area contributed by atoms with Gasteiger partial charge in [-0.25, -0.2) is 0 Å². The van der Waals surface area contributed by atoms with Crippen LogP contribution in [0.1, 0.15) is 29.0 Å². The first-order chi connectivity index (χ1) is 11.5. The first-order valence-electron chi connectivity index (χ1n) is 8.28. The molecule has 0 N–H and O–H groups in total. The predicted molar refractivity (Wildman–Crippen MR) is 92.0 cm³/mol. The van der Waals surface area contributed by atoms with E-state index in [1.807, 2.05) is 54.6 Å². The lowest BCUT2D eigenvalue weighted by Crippen LogP contribution is -2.46. The normalized spacial score (nSPS) is 26.8. The molecule has 24 heavy (non-hydrogen) atoms. The number of rotatable bonds is 3. The first kappa shape index (κ1) is 15.8. The molecule has 0 unspecified atom stereocenters. The second kappa shape index (κ2) is 5.67. The Hall–Kier alpha value is -1.72. The van der Waals surface area contributed by atoms with Crippen molar-refractivity contribution in [1.82, 2.24) is 4.90 Å². The zero-order chi connectivity index (χ0) is 16.8. The lowest BCUT2D eigenvalue weighted by atomic mass is 9.76. The van der Waals surface area contributed by atoms with E-state index in [4.69, 9.17) is 0 Å². The van der Waals surface area contributed by atoms with E-state index in [0.717, 1.165) is 16.7 Å². The van der Waals surface area contributed by atoms with Crippen molar-refractivity contribution >= 4 is 10.2 Å². The molecule has 1 aliphatic carbocycles. The van der Waals surface area contributed by atoms with Gasteiger partial charge >= 0.3 is 10.2 Å².